The van der Waals surface area contributed by atoms with E-state index in [2.05, 4.69) is 36.7 Å². The highest BCUT2D eigenvalue weighted by Gasteiger charge is 2.10. The lowest BCUT2D eigenvalue weighted by molar-refractivity contribution is 0.0950. The third-order valence-electron chi connectivity index (χ3n) is 3.22. The van der Waals surface area contributed by atoms with Crippen molar-refractivity contribution in [3.8, 4) is 11.3 Å². The number of H-pyrrole nitrogens is 1. The fourth-order valence-corrected chi connectivity index (χ4v) is 2.41. The highest BCUT2D eigenvalue weighted by Crippen LogP contribution is 2.17. The predicted octanol–water partition coefficient (Wildman–Crippen LogP) is 3.74. The average Bonchev–Trinajstić information content (AvgIpc) is 3.09. The summed E-state index contributed by atoms with van der Waals surface area (Å²) in [6.45, 7) is 0. The molecule has 0 aliphatic carbocycles. The zero-order chi connectivity index (χ0) is 16.9. The van der Waals surface area contributed by atoms with Gasteiger partial charge in [0.05, 0.1) is 16.4 Å². The zero-order valence-corrected chi connectivity index (χ0v) is 13.9. The van der Waals surface area contributed by atoms with Crippen LogP contribution in [-0.4, -0.2) is 22.3 Å². The molecule has 0 unspecified atom stereocenters. The summed E-state index contributed by atoms with van der Waals surface area (Å²) in [7, 11) is 0. The first kappa shape index (κ1) is 16.1. The van der Waals surface area contributed by atoms with Gasteiger partial charge in [-0.1, -0.05) is 36.4 Å². The van der Waals surface area contributed by atoms with Crippen molar-refractivity contribution in [1.29, 1.82) is 0 Å². The molecule has 5 nitrogen and oxygen atoms in total. The van der Waals surface area contributed by atoms with Gasteiger partial charge in [0.2, 0.25) is 0 Å². The lowest BCUT2D eigenvalue weighted by atomic mass is 10.1. The highest BCUT2D eigenvalue weighted by atomic mass is 79.9. The Morgan fingerprint density at radius 3 is 2.75 bits per heavy atom. The Balaban J connectivity index is 1.66. The van der Waals surface area contributed by atoms with E-state index in [-0.39, 0.29) is 5.82 Å². The number of rotatable bonds is 4. The van der Waals surface area contributed by atoms with Crippen molar-refractivity contribution in [1.82, 2.24) is 15.6 Å². The summed E-state index contributed by atoms with van der Waals surface area (Å²) in [6, 6.07) is 15.6. The third-order valence-corrected chi connectivity index (χ3v) is 3.82. The molecule has 24 heavy (non-hydrogen) atoms. The van der Waals surface area contributed by atoms with Crippen LogP contribution in [0.5, 0.6) is 0 Å². The van der Waals surface area contributed by atoms with E-state index in [0.717, 1.165) is 5.56 Å². The molecule has 1 aromatic heterocycles. The van der Waals surface area contributed by atoms with Crippen molar-refractivity contribution in [2.45, 2.75) is 0 Å². The SMILES string of the molecule is O=C(N/N=C\c1ccc(F)c(Br)c1)c1cc(-c2ccccc2)n[nH]1. The van der Waals surface area contributed by atoms with Gasteiger partial charge in [0, 0.05) is 5.56 Å². The van der Waals surface area contributed by atoms with Crippen LogP contribution in [-0.2, 0) is 0 Å². The van der Waals surface area contributed by atoms with Crippen LogP contribution < -0.4 is 5.43 Å². The highest BCUT2D eigenvalue weighted by molar-refractivity contribution is 9.10. The van der Waals surface area contributed by atoms with E-state index < -0.39 is 5.91 Å². The maximum absolute atomic E-state index is 13.1. The van der Waals surface area contributed by atoms with Gasteiger partial charge in [0.25, 0.3) is 5.91 Å². The maximum atomic E-state index is 13.1. The summed E-state index contributed by atoms with van der Waals surface area (Å²) >= 11 is 3.09. The third kappa shape index (κ3) is 3.75. The second kappa shape index (κ2) is 7.18. The lowest BCUT2D eigenvalue weighted by Gasteiger charge is -1.98. The summed E-state index contributed by atoms with van der Waals surface area (Å²) in [6.07, 6.45) is 1.43. The average molecular weight is 387 g/mol. The standard InChI is InChI=1S/C17H12BrFN4O/c18-13-8-11(6-7-14(13)19)10-20-23-17(24)16-9-15(21-22-16)12-4-2-1-3-5-12/h1-10H,(H,21,22)(H,23,24)/b20-10-. The normalized spacial score (nSPS) is 10.9. The number of hydrogen-bond acceptors (Lipinski definition) is 3. The molecule has 1 heterocycles. The van der Waals surface area contributed by atoms with Gasteiger partial charge in [-0.25, -0.2) is 9.82 Å². The number of hydrogen-bond donors (Lipinski definition) is 2. The van der Waals surface area contributed by atoms with Crippen molar-refractivity contribution in [3.63, 3.8) is 0 Å². The van der Waals surface area contributed by atoms with Crippen LogP contribution in [0.2, 0.25) is 0 Å². The van der Waals surface area contributed by atoms with Gasteiger partial charge >= 0.3 is 0 Å². The second-order valence-corrected chi connectivity index (χ2v) is 5.76. The van der Waals surface area contributed by atoms with Crippen molar-refractivity contribution >= 4 is 28.1 Å². The van der Waals surface area contributed by atoms with Crippen LogP contribution in [0.15, 0.2) is 64.2 Å². The van der Waals surface area contributed by atoms with E-state index in [0.29, 0.717) is 21.4 Å². The number of benzene rings is 2. The van der Waals surface area contributed by atoms with Crippen LogP contribution in [0.4, 0.5) is 4.39 Å². The molecule has 120 valence electrons. The summed E-state index contributed by atoms with van der Waals surface area (Å²) < 4.78 is 13.5. The minimum Gasteiger partial charge on any atom is -0.272 e. The molecule has 0 bridgehead atoms. The van der Waals surface area contributed by atoms with E-state index in [1.54, 1.807) is 18.2 Å². The summed E-state index contributed by atoms with van der Waals surface area (Å²) in [4.78, 5) is 12.0. The van der Waals surface area contributed by atoms with Crippen LogP contribution in [0.3, 0.4) is 0 Å². The number of nitrogens with one attached hydrogen (secondary N) is 2. The molecule has 0 spiro atoms. The summed E-state index contributed by atoms with van der Waals surface area (Å²) in [5, 5.41) is 10.6. The minimum absolute atomic E-state index is 0.297. The molecule has 0 saturated heterocycles. The smallest absolute Gasteiger partial charge is 0.272 e. The van der Waals surface area contributed by atoms with Crippen LogP contribution >= 0.6 is 15.9 Å². The van der Waals surface area contributed by atoms with Gasteiger partial charge in [-0.15, -0.1) is 0 Å². The van der Waals surface area contributed by atoms with Crippen molar-refractivity contribution < 1.29 is 9.18 Å². The van der Waals surface area contributed by atoms with Crippen molar-refractivity contribution in [3.05, 3.63) is 76.1 Å². The van der Waals surface area contributed by atoms with E-state index in [1.165, 1.54) is 12.3 Å². The van der Waals surface area contributed by atoms with Gasteiger partial charge in [-0.05, 0) is 39.7 Å². The van der Waals surface area contributed by atoms with Crippen molar-refractivity contribution in [2.75, 3.05) is 0 Å². The zero-order valence-electron chi connectivity index (χ0n) is 12.3. The molecular formula is C17H12BrFN4O. The monoisotopic (exact) mass is 386 g/mol. The Labute approximate surface area is 145 Å². The molecule has 0 saturated carbocycles. The Kier molecular flexibility index (Phi) is 4.81. The number of aromatic amines is 1. The van der Waals surface area contributed by atoms with Crippen molar-refractivity contribution in [2.24, 2.45) is 5.10 Å². The first-order valence-electron chi connectivity index (χ1n) is 7.03. The summed E-state index contributed by atoms with van der Waals surface area (Å²) in [5.41, 5.74) is 4.93. The number of amides is 1. The predicted molar refractivity (Wildman–Crippen MR) is 93.2 cm³/mol. The van der Waals surface area contributed by atoms with Gasteiger partial charge in [-0.2, -0.15) is 10.2 Å². The van der Waals surface area contributed by atoms with Gasteiger partial charge in [0.1, 0.15) is 11.5 Å². The van der Waals surface area contributed by atoms with Gasteiger partial charge in [0.15, 0.2) is 0 Å². The van der Waals surface area contributed by atoms with Gasteiger partial charge in [-0.3, -0.25) is 9.89 Å². The van der Waals surface area contributed by atoms with Crippen LogP contribution in [0.25, 0.3) is 11.3 Å². The topological polar surface area (TPSA) is 70.1 Å². The number of carbonyl (C=O) groups excluding carboxylic acids is 1. The molecule has 7 heteroatoms. The largest absolute Gasteiger partial charge is 0.289 e. The molecule has 0 aliphatic heterocycles. The molecule has 2 N–H and O–H groups in total. The molecule has 3 aromatic rings. The van der Waals surface area contributed by atoms with E-state index in [1.807, 2.05) is 30.3 Å². The molecular weight excluding hydrogens is 375 g/mol. The van der Waals surface area contributed by atoms with E-state index >= 15 is 0 Å². The Morgan fingerprint density at radius 1 is 1.21 bits per heavy atom. The first-order valence-corrected chi connectivity index (χ1v) is 7.82. The quantitative estimate of drug-likeness (QED) is 0.529. The Morgan fingerprint density at radius 2 is 2.00 bits per heavy atom. The Bertz CT molecular complexity index is 893. The molecule has 3 rings (SSSR count). The number of carbonyl (C=O) groups is 1. The fourth-order valence-electron chi connectivity index (χ4n) is 2.01. The minimum atomic E-state index is -0.415. The van der Waals surface area contributed by atoms with Crippen LogP contribution in [0.1, 0.15) is 16.1 Å². The molecule has 0 aliphatic rings. The van der Waals surface area contributed by atoms with Gasteiger partial charge < -0.3 is 0 Å². The second-order valence-electron chi connectivity index (χ2n) is 4.91. The van der Waals surface area contributed by atoms with E-state index in [4.69, 9.17) is 0 Å². The maximum Gasteiger partial charge on any atom is 0.289 e. The lowest BCUT2D eigenvalue weighted by Crippen LogP contribution is -2.18. The number of hydrazone groups is 1. The number of aromatic nitrogens is 2. The first-order chi connectivity index (χ1) is 11.6. The Hall–Kier alpha value is -2.80. The molecule has 0 radical (unpaired) electrons. The van der Waals surface area contributed by atoms with Crippen LogP contribution in [0, 0.1) is 5.82 Å². The molecule has 0 fully saturated rings. The number of halogens is 2. The van der Waals surface area contributed by atoms with E-state index in [9.17, 15) is 9.18 Å². The molecule has 0 atom stereocenters. The molecule has 2 aromatic carbocycles. The fraction of sp³-hybridized carbons (Fsp3) is 0. The molecule has 1 amide bonds. The number of nitrogens with zero attached hydrogens (tertiary/aromatic N) is 2. The summed E-state index contributed by atoms with van der Waals surface area (Å²) in [5.74, 6) is -0.774.